The van der Waals surface area contributed by atoms with Gasteiger partial charge in [0.15, 0.2) is 0 Å². The second-order valence-electron chi connectivity index (χ2n) is 5.19. The first kappa shape index (κ1) is 13.0. The molecule has 0 radical (unpaired) electrons. The number of rotatable bonds is 4. The lowest BCUT2D eigenvalue weighted by Gasteiger charge is -2.16. The van der Waals surface area contributed by atoms with E-state index in [4.69, 9.17) is 0 Å². The number of hydrogen-bond donors (Lipinski definition) is 0. The predicted octanol–water partition coefficient (Wildman–Crippen LogP) is 3.79. The second-order valence-corrected chi connectivity index (χ2v) is 5.19. The average molecular weight is 211 g/mol. The molecule has 15 heavy (non-hydrogen) atoms. The summed E-state index contributed by atoms with van der Waals surface area (Å²) in [6.45, 7) is 12.9. The van der Waals surface area contributed by atoms with Gasteiger partial charge in [0, 0.05) is 13.1 Å². The lowest BCUT2D eigenvalue weighted by molar-refractivity contribution is 0.294. The third-order valence-corrected chi connectivity index (χ3v) is 3.79. The van der Waals surface area contributed by atoms with Crippen molar-refractivity contribution in [3.05, 3.63) is 0 Å². The third kappa shape index (κ3) is 3.48. The van der Waals surface area contributed by atoms with Crippen LogP contribution in [0, 0.1) is 17.8 Å². The van der Waals surface area contributed by atoms with Crippen molar-refractivity contribution < 1.29 is 0 Å². The standard InChI is InChI=1S/C11H21N.C3H8/c1-3-5-6-9-10-7-12(4-2)8-11(9)10;1-3-2/h9-11H,3-8H2,1-2H3;3H2,1-2H3. The Morgan fingerprint density at radius 1 is 1.00 bits per heavy atom. The predicted molar refractivity (Wildman–Crippen MR) is 68.1 cm³/mol. The van der Waals surface area contributed by atoms with Gasteiger partial charge in [0.05, 0.1) is 0 Å². The summed E-state index contributed by atoms with van der Waals surface area (Å²) < 4.78 is 0. The van der Waals surface area contributed by atoms with E-state index in [9.17, 15) is 0 Å². The van der Waals surface area contributed by atoms with E-state index < -0.39 is 0 Å². The van der Waals surface area contributed by atoms with Gasteiger partial charge >= 0.3 is 0 Å². The Morgan fingerprint density at radius 3 is 1.93 bits per heavy atom. The monoisotopic (exact) mass is 211 g/mol. The summed E-state index contributed by atoms with van der Waals surface area (Å²) in [5, 5.41) is 0. The molecule has 2 atom stereocenters. The van der Waals surface area contributed by atoms with Gasteiger partial charge in [0.1, 0.15) is 0 Å². The summed E-state index contributed by atoms with van der Waals surface area (Å²) in [4.78, 5) is 2.61. The number of unbranched alkanes of at least 4 members (excludes halogenated alkanes) is 1. The normalized spacial score (nSPS) is 33.2. The summed E-state index contributed by atoms with van der Waals surface area (Å²) in [7, 11) is 0. The molecule has 0 bridgehead atoms. The number of nitrogens with zero attached hydrogens (tertiary/aromatic N) is 1. The van der Waals surface area contributed by atoms with Gasteiger partial charge < -0.3 is 4.90 Å². The van der Waals surface area contributed by atoms with Crippen LogP contribution < -0.4 is 0 Å². The molecule has 2 fully saturated rings. The Labute approximate surface area is 96.2 Å². The molecular formula is C14H29N. The molecular weight excluding hydrogens is 182 g/mol. The van der Waals surface area contributed by atoms with Crippen LogP contribution in [-0.4, -0.2) is 24.5 Å². The molecule has 0 aromatic heterocycles. The molecule has 2 rings (SSSR count). The van der Waals surface area contributed by atoms with Crippen LogP contribution in [0.1, 0.15) is 53.4 Å². The molecule has 0 N–H and O–H groups in total. The van der Waals surface area contributed by atoms with Crippen molar-refractivity contribution in [2.75, 3.05) is 19.6 Å². The summed E-state index contributed by atoms with van der Waals surface area (Å²) in [5.74, 6) is 3.35. The van der Waals surface area contributed by atoms with Crippen LogP contribution in [0.3, 0.4) is 0 Å². The van der Waals surface area contributed by atoms with Crippen molar-refractivity contribution >= 4 is 0 Å². The Kier molecular flexibility index (Phi) is 5.66. The quantitative estimate of drug-likeness (QED) is 0.684. The molecule has 0 spiro atoms. The van der Waals surface area contributed by atoms with Crippen LogP contribution >= 0.6 is 0 Å². The van der Waals surface area contributed by atoms with Crippen molar-refractivity contribution in [3.8, 4) is 0 Å². The first-order valence-corrected chi connectivity index (χ1v) is 7.00. The van der Waals surface area contributed by atoms with E-state index >= 15 is 0 Å². The fourth-order valence-electron chi connectivity index (χ4n) is 2.86. The van der Waals surface area contributed by atoms with E-state index in [-0.39, 0.29) is 0 Å². The number of likely N-dealkylation sites (tertiary alicyclic amines) is 1. The van der Waals surface area contributed by atoms with E-state index in [1.54, 1.807) is 0 Å². The van der Waals surface area contributed by atoms with Crippen molar-refractivity contribution in [2.24, 2.45) is 17.8 Å². The molecule has 2 aliphatic rings. The molecule has 0 amide bonds. The van der Waals surface area contributed by atoms with Crippen LogP contribution in [0.15, 0.2) is 0 Å². The van der Waals surface area contributed by atoms with Crippen LogP contribution in [0.2, 0.25) is 0 Å². The number of hydrogen-bond acceptors (Lipinski definition) is 1. The highest BCUT2D eigenvalue weighted by Gasteiger charge is 2.53. The zero-order valence-corrected chi connectivity index (χ0v) is 11.1. The minimum absolute atomic E-state index is 1.11. The molecule has 2 unspecified atom stereocenters. The van der Waals surface area contributed by atoms with Gasteiger partial charge in [0.2, 0.25) is 0 Å². The van der Waals surface area contributed by atoms with E-state index in [1.165, 1.54) is 45.3 Å². The highest BCUT2D eigenvalue weighted by Crippen LogP contribution is 2.53. The van der Waals surface area contributed by atoms with E-state index in [0.717, 1.165) is 17.8 Å². The number of piperidine rings is 1. The van der Waals surface area contributed by atoms with Gasteiger partial charge in [-0.3, -0.25) is 0 Å². The lowest BCUT2D eigenvalue weighted by atomic mass is 10.1. The summed E-state index contributed by atoms with van der Waals surface area (Å²) in [5.41, 5.74) is 0. The minimum atomic E-state index is 1.11. The summed E-state index contributed by atoms with van der Waals surface area (Å²) >= 11 is 0. The highest BCUT2D eigenvalue weighted by atomic mass is 15.2. The Balaban J connectivity index is 0.000000337. The van der Waals surface area contributed by atoms with Gasteiger partial charge in [-0.1, -0.05) is 47.0 Å². The third-order valence-electron chi connectivity index (χ3n) is 3.79. The summed E-state index contributed by atoms with van der Waals surface area (Å²) in [6, 6.07) is 0. The molecule has 1 heteroatoms. The minimum Gasteiger partial charge on any atom is -0.303 e. The molecule has 1 saturated heterocycles. The van der Waals surface area contributed by atoms with E-state index in [2.05, 4.69) is 32.6 Å². The molecule has 1 saturated carbocycles. The molecule has 0 aromatic rings. The fourth-order valence-corrected chi connectivity index (χ4v) is 2.86. The molecule has 1 heterocycles. The van der Waals surface area contributed by atoms with Gasteiger partial charge in [-0.2, -0.15) is 0 Å². The Hall–Kier alpha value is -0.0400. The van der Waals surface area contributed by atoms with Crippen molar-refractivity contribution in [1.82, 2.24) is 4.90 Å². The maximum absolute atomic E-state index is 2.61. The molecule has 1 aliphatic heterocycles. The lowest BCUT2D eigenvalue weighted by Crippen LogP contribution is -2.23. The molecule has 1 nitrogen and oxygen atoms in total. The second kappa shape index (κ2) is 6.52. The fraction of sp³-hybridized carbons (Fsp3) is 1.00. The topological polar surface area (TPSA) is 3.24 Å². The zero-order valence-electron chi connectivity index (χ0n) is 11.1. The van der Waals surface area contributed by atoms with Gasteiger partial charge in [-0.15, -0.1) is 0 Å². The average Bonchev–Trinajstić information content (AvgIpc) is 2.70. The maximum atomic E-state index is 2.61. The first-order chi connectivity index (χ1) is 7.28. The van der Waals surface area contributed by atoms with Crippen LogP contribution in [-0.2, 0) is 0 Å². The number of fused-ring (bicyclic) bond motifs is 1. The molecule has 0 aromatic carbocycles. The highest BCUT2D eigenvalue weighted by molar-refractivity contribution is 5.04. The van der Waals surface area contributed by atoms with Crippen molar-refractivity contribution in [1.29, 1.82) is 0 Å². The largest absolute Gasteiger partial charge is 0.303 e. The van der Waals surface area contributed by atoms with E-state index in [0.29, 0.717) is 0 Å². The van der Waals surface area contributed by atoms with Crippen molar-refractivity contribution in [3.63, 3.8) is 0 Å². The summed E-state index contributed by atoms with van der Waals surface area (Å²) in [6.07, 6.45) is 5.61. The zero-order chi connectivity index (χ0) is 11.3. The molecule has 90 valence electrons. The maximum Gasteiger partial charge on any atom is 0.00157 e. The van der Waals surface area contributed by atoms with E-state index in [1.807, 2.05) is 0 Å². The Morgan fingerprint density at radius 2 is 1.53 bits per heavy atom. The molecule has 1 aliphatic carbocycles. The smallest absolute Gasteiger partial charge is 0.00157 e. The van der Waals surface area contributed by atoms with Crippen LogP contribution in [0.25, 0.3) is 0 Å². The Bertz CT molecular complexity index is 148. The first-order valence-electron chi connectivity index (χ1n) is 7.00. The van der Waals surface area contributed by atoms with Gasteiger partial charge in [-0.25, -0.2) is 0 Å². The van der Waals surface area contributed by atoms with Gasteiger partial charge in [0.25, 0.3) is 0 Å². The van der Waals surface area contributed by atoms with Gasteiger partial charge in [-0.05, 0) is 30.7 Å². The van der Waals surface area contributed by atoms with Crippen LogP contribution in [0.5, 0.6) is 0 Å². The van der Waals surface area contributed by atoms with Crippen LogP contribution in [0.4, 0.5) is 0 Å². The van der Waals surface area contributed by atoms with Crippen molar-refractivity contribution in [2.45, 2.75) is 53.4 Å². The SMILES string of the molecule is CCC.CCCCC1C2CN(CC)CC12.